The lowest BCUT2D eigenvalue weighted by atomic mass is 9.91. The molecule has 11 heteroatoms. The summed E-state index contributed by atoms with van der Waals surface area (Å²) in [6, 6.07) is 8.58. The lowest BCUT2D eigenvalue weighted by molar-refractivity contribution is -0.131. The number of nitrogens with zero attached hydrogens (tertiary/aromatic N) is 2. The summed E-state index contributed by atoms with van der Waals surface area (Å²) in [5, 5.41) is 1.75. The highest BCUT2D eigenvalue weighted by molar-refractivity contribution is 7.91. The number of fused-ring (bicyclic) bond motifs is 1. The molecule has 1 aliphatic heterocycles. The summed E-state index contributed by atoms with van der Waals surface area (Å²) in [6.45, 7) is 10.7. The molecule has 10 nitrogen and oxygen atoms in total. The number of carbonyl (C=O) groups excluding carboxylic acids is 3. The molecule has 3 fully saturated rings. The monoisotopic (exact) mass is 583 g/mol. The molecule has 220 valence electrons. The number of Topliss-reactive ketones (excluding diaryl/α,β-unsaturated/α-hetero) is 1. The average Bonchev–Trinajstić information content (AvgIpc) is 3.78. The number of ketones is 1. The van der Waals surface area contributed by atoms with Crippen molar-refractivity contribution >= 4 is 38.6 Å². The number of carbonyl (C=O) groups is 3. The molecule has 2 heterocycles. The Morgan fingerprint density at radius 2 is 1.90 bits per heavy atom. The summed E-state index contributed by atoms with van der Waals surface area (Å²) in [6.07, 6.45) is 3.22. The predicted molar refractivity (Wildman–Crippen MR) is 153 cm³/mol. The number of hydrogen-bond donors (Lipinski definition) is 1. The minimum absolute atomic E-state index is 0.0903. The van der Waals surface area contributed by atoms with E-state index in [4.69, 9.17) is 9.47 Å². The standard InChI is InChI=1S/C30H37N3O7S/c1-6-20-16-30(20,26(35)32-41(37,38)29(5)12-13-29)17-24(34)23-15-21(18-33(23)27(36)40-28(2,3)4)39-25-22-10-8-7-9-19(22)11-14-31-25/h6-11,14,20-21,23H,1,12-13,15-18H2,2-5H3,(H,32,35)/t20-,21-,23+,30-/m1/s1. The van der Waals surface area contributed by atoms with E-state index in [0.717, 1.165) is 10.8 Å². The molecule has 2 aromatic rings. The van der Waals surface area contributed by atoms with E-state index in [1.807, 2.05) is 30.3 Å². The van der Waals surface area contributed by atoms with E-state index in [1.54, 1.807) is 40.0 Å². The number of ether oxygens (including phenoxy) is 2. The minimum Gasteiger partial charge on any atom is -0.472 e. The summed E-state index contributed by atoms with van der Waals surface area (Å²) < 4.78 is 38.7. The molecule has 4 atom stereocenters. The molecule has 0 radical (unpaired) electrons. The third kappa shape index (κ3) is 5.68. The fraction of sp³-hybridized carbons (Fsp3) is 0.533. The Kier molecular flexibility index (Phi) is 7.16. The van der Waals surface area contributed by atoms with Gasteiger partial charge in [-0.15, -0.1) is 6.58 Å². The maximum absolute atomic E-state index is 13.8. The van der Waals surface area contributed by atoms with Gasteiger partial charge in [0.25, 0.3) is 0 Å². The van der Waals surface area contributed by atoms with E-state index in [9.17, 15) is 22.8 Å². The maximum Gasteiger partial charge on any atom is 0.411 e. The van der Waals surface area contributed by atoms with Crippen LogP contribution in [0.1, 0.15) is 59.8 Å². The topological polar surface area (TPSA) is 132 Å². The molecule has 1 saturated heterocycles. The Hall–Kier alpha value is -3.47. The highest BCUT2D eigenvalue weighted by Crippen LogP contribution is 2.57. The average molecular weight is 584 g/mol. The first-order valence-electron chi connectivity index (χ1n) is 13.9. The Morgan fingerprint density at radius 3 is 2.54 bits per heavy atom. The van der Waals surface area contributed by atoms with E-state index in [1.165, 1.54) is 4.90 Å². The van der Waals surface area contributed by atoms with Crippen LogP contribution in [0, 0.1) is 11.3 Å². The summed E-state index contributed by atoms with van der Waals surface area (Å²) in [5.74, 6) is -1.01. The van der Waals surface area contributed by atoms with E-state index >= 15 is 0 Å². The second-order valence-electron chi connectivity index (χ2n) is 12.7. The number of sulfonamides is 1. The molecule has 1 N–H and O–H groups in total. The van der Waals surface area contributed by atoms with Gasteiger partial charge in [-0.25, -0.2) is 18.2 Å². The first-order chi connectivity index (χ1) is 19.2. The normalized spacial score (nSPS) is 26.7. The van der Waals surface area contributed by atoms with Gasteiger partial charge in [-0.2, -0.15) is 0 Å². The lowest BCUT2D eigenvalue weighted by Gasteiger charge is -2.28. The molecule has 2 amide bonds. The van der Waals surface area contributed by atoms with Crippen molar-refractivity contribution in [3.8, 4) is 5.88 Å². The molecule has 0 unspecified atom stereocenters. The Morgan fingerprint density at radius 1 is 1.20 bits per heavy atom. The van der Waals surface area contributed by atoms with Gasteiger partial charge < -0.3 is 9.47 Å². The maximum atomic E-state index is 13.8. The Balaban J connectivity index is 1.37. The smallest absolute Gasteiger partial charge is 0.411 e. The van der Waals surface area contributed by atoms with Gasteiger partial charge in [0.1, 0.15) is 11.7 Å². The predicted octanol–water partition coefficient (Wildman–Crippen LogP) is 4.14. The largest absolute Gasteiger partial charge is 0.472 e. The molecule has 2 saturated carbocycles. The van der Waals surface area contributed by atoms with Crippen molar-refractivity contribution in [3.05, 3.63) is 49.2 Å². The summed E-state index contributed by atoms with van der Waals surface area (Å²) >= 11 is 0. The van der Waals surface area contributed by atoms with E-state index < -0.39 is 49.9 Å². The zero-order chi connectivity index (χ0) is 29.8. The zero-order valence-electron chi connectivity index (χ0n) is 23.9. The van der Waals surface area contributed by atoms with Crippen LogP contribution < -0.4 is 9.46 Å². The molecule has 1 aromatic carbocycles. The minimum atomic E-state index is -3.88. The van der Waals surface area contributed by atoms with Crippen LogP contribution in [0.15, 0.2) is 49.2 Å². The van der Waals surface area contributed by atoms with Crippen molar-refractivity contribution in [1.82, 2.24) is 14.6 Å². The van der Waals surface area contributed by atoms with Gasteiger partial charge in [-0.05, 0) is 70.4 Å². The molecule has 0 spiro atoms. The summed E-state index contributed by atoms with van der Waals surface area (Å²) in [5.41, 5.74) is -2.02. The van der Waals surface area contributed by atoms with Gasteiger partial charge in [-0.3, -0.25) is 19.2 Å². The van der Waals surface area contributed by atoms with Crippen LogP contribution in [0.4, 0.5) is 4.79 Å². The van der Waals surface area contributed by atoms with Crippen molar-refractivity contribution in [3.63, 3.8) is 0 Å². The van der Waals surface area contributed by atoms with Gasteiger partial charge in [0.2, 0.25) is 21.8 Å². The summed E-state index contributed by atoms with van der Waals surface area (Å²) in [4.78, 5) is 46.2. The molecule has 41 heavy (non-hydrogen) atoms. The Labute approximate surface area is 240 Å². The SMILES string of the molecule is C=C[C@@H]1C[C@]1(CC(=O)[C@@H]1C[C@@H](Oc2nccc3ccccc23)CN1C(=O)OC(C)(C)C)C(=O)NS(=O)(=O)C1(C)CC1. The van der Waals surface area contributed by atoms with Gasteiger partial charge in [0.15, 0.2) is 5.78 Å². The third-order valence-corrected chi connectivity index (χ3v) is 10.5. The van der Waals surface area contributed by atoms with Crippen molar-refractivity contribution in [2.75, 3.05) is 6.54 Å². The first kappa shape index (κ1) is 29.0. The van der Waals surface area contributed by atoms with Gasteiger partial charge in [0.05, 0.1) is 22.7 Å². The van der Waals surface area contributed by atoms with Crippen molar-refractivity contribution < 1.29 is 32.3 Å². The van der Waals surface area contributed by atoms with Gasteiger partial charge in [0, 0.05) is 24.4 Å². The number of likely N-dealkylation sites (tertiary alicyclic amines) is 1. The zero-order valence-corrected chi connectivity index (χ0v) is 24.7. The second kappa shape index (κ2) is 10.1. The molecular weight excluding hydrogens is 546 g/mol. The van der Waals surface area contributed by atoms with Crippen LogP contribution in [0.5, 0.6) is 5.88 Å². The van der Waals surface area contributed by atoms with Crippen molar-refractivity contribution in [1.29, 1.82) is 0 Å². The number of pyridine rings is 1. The second-order valence-corrected chi connectivity index (χ2v) is 14.9. The number of hydrogen-bond acceptors (Lipinski definition) is 8. The number of rotatable bonds is 9. The number of benzene rings is 1. The van der Waals surface area contributed by atoms with Crippen LogP contribution in [0.25, 0.3) is 10.8 Å². The highest BCUT2D eigenvalue weighted by atomic mass is 32.2. The number of amides is 2. The number of aromatic nitrogens is 1. The van der Waals surface area contributed by atoms with Crippen LogP contribution >= 0.6 is 0 Å². The molecule has 5 rings (SSSR count). The Bertz CT molecular complexity index is 1510. The first-order valence-corrected chi connectivity index (χ1v) is 15.4. The molecular formula is C30H37N3O7S. The van der Waals surface area contributed by atoms with Crippen molar-refractivity contribution in [2.24, 2.45) is 11.3 Å². The van der Waals surface area contributed by atoms with Gasteiger partial charge >= 0.3 is 6.09 Å². The van der Waals surface area contributed by atoms with Crippen molar-refractivity contribution in [2.45, 2.75) is 82.3 Å². The van der Waals surface area contributed by atoms with Crippen LogP contribution in [0.3, 0.4) is 0 Å². The fourth-order valence-electron chi connectivity index (χ4n) is 5.46. The summed E-state index contributed by atoms with van der Waals surface area (Å²) in [7, 11) is -3.88. The molecule has 1 aromatic heterocycles. The lowest BCUT2D eigenvalue weighted by Crippen LogP contribution is -2.46. The van der Waals surface area contributed by atoms with E-state index in [0.29, 0.717) is 25.1 Å². The fourth-order valence-corrected chi connectivity index (χ4v) is 6.79. The number of allylic oxidation sites excluding steroid dienone is 1. The van der Waals surface area contributed by atoms with Crippen LogP contribution in [-0.2, 0) is 24.3 Å². The molecule has 0 bridgehead atoms. The quantitative estimate of drug-likeness (QED) is 0.436. The van der Waals surface area contributed by atoms with Gasteiger partial charge in [-0.1, -0.05) is 24.3 Å². The molecule has 3 aliphatic rings. The van der Waals surface area contributed by atoms with Crippen LogP contribution in [0.2, 0.25) is 0 Å². The highest BCUT2D eigenvalue weighted by Gasteiger charge is 2.62. The van der Waals surface area contributed by atoms with E-state index in [2.05, 4.69) is 16.3 Å². The number of nitrogens with one attached hydrogen (secondary N) is 1. The van der Waals surface area contributed by atoms with E-state index in [-0.39, 0.29) is 31.1 Å². The van der Waals surface area contributed by atoms with Crippen LogP contribution in [-0.4, -0.2) is 65.1 Å². The third-order valence-electron chi connectivity index (χ3n) is 8.37. The molecule has 2 aliphatic carbocycles.